The van der Waals surface area contributed by atoms with Crippen molar-refractivity contribution in [3.05, 3.63) is 318 Å². The highest BCUT2D eigenvalue weighted by molar-refractivity contribution is 6.23. The molecule has 13 aromatic carbocycles. The van der Waals surface area contributed by atoms with Crippen molar-refractivity contribution in [2.45, 2.75) is 12.3 Å². The zero-order chi connectivity index (χ0) is 49.9. The molecule has 0 heterocycles. The Morgan fingerprint density at radius 2 is 0.787 bits per heavy atom. The monoisotopic (exact) mass is 953 g/mol. The molecule has 1 aliphatic carbocycles. The van der Waals surface area contributed by atoms with Gasteiger partial charge in [0.25, 0.3) is 0 Å². The van der Waals surface area contributed by atoms with Crippen LogP contribution < -0.4 is 4.90 Å². The van der Waals surface area contributed by atoms with Crippen molar-refractivity contribution in [3.63, 3.8) is 0 Å². The van der Waals surface area contributed by atoms with Gasteiger partial charge in [-0.05, 0) is 165 Å². The lowest BCUT2D eigenvalue weighted by atomic mass is 9.67. The summed E-state index contributed by atoms with van der Waals surface area (Å²) in [4.78, 5) is 2.35. The van der Waals surface area contributed by atoms with Gasteiger partial charge in [0.05, 0.1) is 5.41 Å². The minimum absolute atomic E-state index is 0.592. The van der Waals surface area contributed by atoms with E-state index in [4.69, 9.17) is 0 Å². The smallest absolute Gasteiger partial charge is 0.0713 e. The molecule has 0 atom stereocenters. The zero-order valence-corrected chi connectivity index (χ0v) is 41.7. The SMILES string of the molecule is Cc1ccc(N(c2ccc(/C=C/c3ccc4c(c3)C(c3ccccc3)(c3ccccc3)c3cc(-c5c6ccccc6c(-c6cccc7ccccc67)c6ccccc56)ccc3-4)cc2)c2ccc3ccccc3c2)cc1. The molecule has 1 heteroatoms. The Morgan fingerprint density at radius 3 is 1.44 bits per heavy atom. The van der Waals surface area contributed by atoms with Gasteiger partial charge in [-0.1, -0.05) is 248 Å². The summed E-state index contributed by atoms with van der Waals surface area (Å²) in [7, 11) is 0. The minimum atomic E-state index is -0.592. The molecule has 0 saturated heterocycles. The Hall–Kier alpha value is -9.56. The van der Waals surface area contributed by atoms with Crippen molar-refractivity contribution in [3.8, 4) is 33.4 Å². The van der Waals surface area contributed by atoms with Gasteiger partial charge in [-0.25, -0.2) is 0 Å². The summed E-state index contributed by atoms with van der Waals surface area (Å²) in [5.74, 6) is 0. The summed E-state index contributed by atoms with van der Waals surface area (Å²) in [6.07, 6.45) is 4.53. The molecular formula is C74H51N. The van der Waals surface area contributed by atoms with Gasteiger partial charge >= 0.3 is 0 Å². The molecule has 0 bridgehead atoms. The molecule has 13 aromatic rings. The summed E-state index contributed by atoms with van der Waals surface area (Å²) in [6.45, 7) is 2.14. The quantitative estimate of drug-likeness (QED) is 0.103. The third-order valence-electron chi connectivity index (χ3n) is 15.8. The Labute approximate surface area is 438 Å². The number of aryl methyl sites for hydroxylation is 1. The van der Waals surface area contributed by atoms with Crippen LogP contribution in [0, 0.1) is 6.92 Å². The molecule has 0 unspecified atom stereocenters. The van der Waals surface area contributed by atoms with Crippen molar-refractivity contribution in [1.82, 2.24) is 0 Å². The molecule has 0 amide bonds. The second-order valence-electron chi connectivity index (χ2n) is 20.0. The van der Waals surface area contributed by atoms with E-state index in [1.54, 1.807) is 0 Å². The first kappa shape index (κ1) is 44.2. The standard InChI is InChI=1S/C74H51N/c1-50-31-40-59(41-32-50)75(61-44-38-53-17-8-9-19-55(53)48-61)60-42-35-51(36-43-60)33-34-52-37-45-63-64-46-39-56(49-71(64)74(70(63)47-52,57-21-4-2-5-22-57)58-23-6-3-7-24-58)72-66-26-12-14-28-68(66)73(69-29-15-13-27-67(69)72)65-30-16-20-54-18-10-11-25-62(54)65/h2-49H,1H3/b34-33+. The van der Waals surface area contributed by atoms with Gasteiger partial charge in [0.15, 0.2) is 0 Å². The predicted molar refractivity (Wildman–Crippen MR) is 319 cm³/mol. The van der Waals surface area contributed by atoms with E-state index in [0.29, 0.717) is 0 Å². The highest BCUT2D eigenvalue weighted by atomic mass is 15.1. The van der Waals surface area contributed by atoms with Crippen LogP contribution in [0.25, 0.3) is 88.6 Å². The zero-order valence-electron chi connectivity index (χ0n) is 41.7. The number of nitrogens with zero attached hydrogens (tertiary/aromatic N) is 1. The van der Waals surface area contributed by atoms with Crippen LogP contribution in [0.15, 0.2) is 279 Å². The maximum atomic E-state index is 2.52. The van der Waals surface area contributed by atoms with E-state index in [-0.39, 0.29) is 0 Å². The van der Waals surface area contributed by atoms with Crippen LogP contribution in [-0.4, -0.2) is 0 Å². The highest BCUT2D eigenvalue weighted by Crippen LogP contribution is 2.58. The Kier molecular flexibility index (Phi) is 10.7. The van der Waals surface area contributed by atoms with Crippen molar-refractivity contribution in [2.75, 3.05) is 4.90 Å². The molecule has 14 rings (SSSR count). The topological polar surface area (TPSA) is 3.24 Å². The van der Waals surface area contributed by atoms with Crippen LogP contribution in [0.2, 0.25) is 0 Å². The molecule has 1 nitrogen and oxygen atoms in total. The van der Waals surface area contributed by atoms with Gasteiger partial charge in [-0.2, -0.15) is 0 Å². The van der Waals surface area contributed by atoms with Crippen LogP contribution in [0.5, 0.6) is 0 Å². The van der Waals surface area contributed by atoms with E-state index in [0.717, 1.165) is 28.2 Å². The Morgan fingerprint density at radius 1 is 0.307 bits per heavy atom. The molecule has 0 N–H and O–H groups in total. The fraction of sp³-hybridized carbons (Fsp3) is 0.0270. The maximum Gasteiger partial charge on any atom is 0.0713 e. The van der Waals surface area contributed by atoms with Crippen molar-refractivity contribution < 1.29 is 0 Å². The summed E-state index contributed by atoms with van der Waals surface area (Å²) in [5, 5.41) is 9.96. The fourth-order valence-corrected chi connectivity index (χ4v) is 12.3. The molecule has 352 valence electrons. The van der Waals surface area contributed by atoms with Gasteiger partial charge in [0.1, 0.15) is 0 Å². The first-order valence-electron chi connectivity index (χ1n) is 26.1. The summed E-state index contributed by atoms with van der Waals surface area (Å²) < 4.78 is 0. The number of benzene rings is 13. The number of hydrogen-bond donors (Lipinski definition) is 0. The van der Waals surface area contributed by atoms with E-state index >= 15 is 0 Å². The van der Waals surface area contributed by atoms with E-state index in [2.05, 4.69) is 303 Å². The van der Waals surface area contributed by atoms with Crippen LogP contribution in [-0.2, 0) is 5.41 Å². The number of fused-ring (bicyclic) bond motifs is 7. The normalized spacial score (nSPS) is 12.7. The van der Waals surface area contributed by atoms with E-state index in [1.165, 1.54) is 104 Å². The summed E-state index contributed by atoms with van der Waals surface area (Å²) in [6, 6.07) is 103. The molecule has 75 heavy (non-hydrogen) atoms. The molecule has 0 radical (unpaired) electrons. The summed E-state index contributed by atoms with van der Waals surface area (Å²) in [5.41, 5.74) is 18.9. The molecule has 0 saturated carbocycles. The number of anilines is 3. The molecule has 0 aromatic heterocycles. The van der Waals surface area contributed by atoms with Crippen LogP contribution in [0.4, 0.5) is 17.1 Å². The first-order chi connectivity index (χ1) is 37.1. The largest absolute Gasteiger partial charge is 0.310 e. The fourth-order valence-electron chi connectivity index (χ4n) is 12.3. The van der Waals surface area contributed by atoms with Crippen molar-refractivity contribution in [2.24, 2.45) is 0 Å². The van der Waals surface area contributed by atoms with Gasteiger partial charge in [-0.3, -0.25) is 0 Å². The van der Waals surface area contributed by atoms with Gasteiger partial charge in [0.2, 0.25) is 0 Å². The van der Waals surface area contributed by atoms with Crippen LogP contribution >= 0.6 is 0 Å². The highest BCUT2D eigenvalue weighted by Gasteiger charge is 2.46. The van der Waals surface area contributed by atoms with Gasteiger partial charge in [0, 0.05) is 17.1 Å². The third-order valence-corrected chi connectivity index (χ3v) is 15.8. The number of hydrogen-bond acceptors (Lipinski definition) is 1. The second-order valence-corrected chi connectivity index (χ2v) is 20.0. The Bertz CT molecular complexity index is 4240. The lowest BCUT2D eigenvalue weighted by Gasteiger charge is -2.34. The first-order valence-corrected chi connectivity index (χ1v) is 26.1. The lowest BCUT2D eigenvalue weighted by Crippen LogP contribution is -2.28. The molecule has 0 spiro atoms. The van der Waals surface area contributed by atoms with Crippen LogP contribution in [0.1, 0.15) is 38.9 Å². The summed E-state index contributed by atoms with van der Waals surface area (Å²) >= 11 is 0. The van der Waals surface area contributed by atoms with Crippen LogP contribution in [0.3, 0.4) is 0 Å². The molecule has 0 fully saturated rings. The minimum Gasteiger partial charge on any atom is -0.310 e. The van der Waals surface area contributed by atoms with E-state index in [1.807, 2.05) is 0 Å². The van der Waals surface area contributed by atoms with E-state index in [9.17, 15) is 0 Å². The maximum absolute atomic E-state index is 2.52. The number of rotatable bonds is 9. The second kappa shape index (κ2) is 18.2. The van der Waals surface area contributed by atoms with Gasteiger partial charge < -0.3 is 4.90 Å². The molecule has 1 aliphatic rings. The third kappa shape index (κ3) is 7.39. The predicted octanol–water partition coefficient (Wildman–Crippen LogP) is 19.9. The van der Waals surface area contributed by atoms with Crippen molar-refractivity contribution >= 4 is 72.3 Å². The lowest BCUT2D eigenvalue weighted by molar-refractivity contribution is 0.768. The van der Waals surface area contributed by atoms with Crippen molar-refractivity contribution in [1.29, 1.82) is 0 Å². The Balaban J connectivity index is 0.900. The molecular weight excluding hydrogens is 903 g/mol. The van der Waals surface area contributed by atoms with E-state index < -0.39 is 5.41 Å². The van der Waals surface area contributed by atoms with Gasteiger partial charge in [-0.15, -0.1) is 0 Å². The molecule has 0 aliphatic heterocycles. The average molecular weight is 954 g/mol. The average Bonchev–Trinajstić information content (AvgIpc) is 3.78.